The topological polar surface area (TPSA) is 33.2 Å². The van der Waals surface area contributed by atoms with Gasteiger partial charge in [-0.05, 0) is 42.0 Å². The summed E-state index contributed by atoms with van der Waals surface area (Å²) in [5.74, 6) is 1.70. The summed E-state index contributed by atoms with van der Waals surface area (Å²) in [6, 6.07) is 8.52. The van der Waals surface area contributed by atoms with Crippen LogP contribution in [0.2, 0.25) is 0 Å². The fraction of sp³-hybridized carbons (Fsp3) is 0.375. The van der Waals surface area contributed by atoms with Gasteiger partial charge >= 0.3 is 0 Å². The zero-order valence-corrected chi connectivity index (χ0v) is 13.4. The Kier molecular flexibility index (Phi) is 4.93. The molecule has 0 aliphatic carbocycles. The first-order valence-electron chi connectivity index (χ1n) is 7.14. The number of rotatable bonds is 5. The highest BCUT2D eigenvalue weighted by molar-refractivity contribution is 7.99. The van der Waals surface area contributed by atoms with Crippen molar-refractivity contribution in [3.05, 3.63) is 52.5 Å². The second-order valence-electron chi connectivity index (χ2n) is 5.11. The average Bonchev–Trinajstić information content (AvgIpc) is 3.19. The monoisotopic (exact) mass is 318 g/mol. The molecule has 1 amide bonds. The van der Waals surface area contributed by atoms with E-state index in [0.717, 1.165) is 25.1 Å². The van der Waals surface area contributed by atoms with Gasteiger partial charge < -0.3 is 4.90 Å². The smallest absolute Gasteiger partial charge is 0.233 e. The highest BCUT2D eigenvalue weighted by atomic mass is 32.2. The molecule has 1 saturated heterocycles. The minimum atomic E-state index is 0.268. The second-order valence-corrected chi connectivity index (χ2v) is 7.07. The number of aromatic nitrogens is 1. The molecular formula is C16H18N2OS2. The van der Waals surface area contributed by atoms with Gasteiger partial charge in [0.2, 0.25) is 5.91 Å². The molecule has 1 aliphatic heterocycles. The predicted molar refractivity (Wildman–Crippen MR) is 88.4 cm³/mol. The zero-order chi connectivity index (χ0) is 14.5. The largest absolute Gasteiger partial charge is 0.334 e. The van der Waals surface area contributed by atoms with E-state index >= 15 is 0 Å². The van der Waals surface area contributed by atoms with E-state index in [1.807, 2.05) is 12.1 Å². The number of thioether (sulfide) groups is 1. The summed E-state index contributed by atoms with van der Waals surface area (Å²) in [7, 11) is 0. The van der Waals surface area contributed by atoms with Gasteiger partial charge in [-0.15, -0.1) is 23.1 Å². The third-order valence-corrected chi connectivity index (χ3v) is 5.65. The van der Waals surface area contributed by atoms with Crippen molar-refractivity contribution >= 4 is 29.0 Å². The molecule has 0 unspecified atom stereocenters. The molecule has 3 heterocycles. The molecule has 5 heteroatoms. The summed E-state index contributed by atoms with van der Waals surface area (Å²) in [6.45, 7) is 0.900. The third kappa shape index (κ3) is 3.66. The normalized spacial score (nSPS) is 18.1. The summed E-state index contributed by atoms with van der Waals surface area (Å²) in [4.78, 5) is 19.8. The summed E-state index contributed by atoms with van der Waals surface area (Å²) >= 11 is 3.44. The fourth-order valence-electron chi connectivity index (χ4n) is 2.66. The first-order valence-corrected chi connectivity index (χ1v) is 9.17. The minimum Gasteiger partial charge on any atom is -0.334 e. The van der Waals surface area contributed by atoms with Gasteiger partial charge in [-0.1, -0.05) is 6.07 Å². The van der Waals surface area contributed by atoms with Crippen LogP contribution in [0.3, 0.4) is 0 Å². The van der Waals surface area contributed by atoms with Crippen LogP contribution < -0.4 is 0 Å². The lowest BCUT2D eigenvalue weighted by atomic mass is 10.2. The van der Waals surface area contributed by atoms with E-state index < -0.39 is 0 Å². The Morgan fingerprint density at radius 1 is 1.38 bits per heavy atom. The Labute approximate surface area is 133 Å². The lowest BCUT2D eigenvalue weighted by Crippen LogP contribution is -2.31. The van der Waals surface area contributed by atoms with Gasteiger partial charge in [-0.25, -0.2) is 0 Å². The number of amides is 1. The minimum absolute atomic E-state index is 0.268. The van der Waals surface area contributed by atoms with Crippen molar-refractivity contribution in [1.29, 1.82) is 0 Å². The molecule has 0 N–H and O–H groups in total. The Hall–Kier alpha value is -1.33. The first kappa shape index (κ1) is 14.6. The van der Waals surface area contributed by atoms with E-state index in [0.29, 0.717) is 11.8 Å². The van der Waals surface area contributed by atoms with Crippen LogP contribution in [0.5, 0.6) is 0 Å². The maximum absolute atomic E-state index is 12.4. The van der Waals surface area contributed by atoms with E-state index in [1.54, 1.807) is 35.5 Å². The Balaban J connectivity index is 1.53. The van der Waals surface area contributed by atoms with E-state index in [9.17, 15) is 4.79 Å². The molecule has 0 spiro atoms. The molecule has 0 bridgehead atoms. The Morgan fingerprint density at radius 3 is 3.00 bits per heavy atom. The van der Waals surface area contributed by atoms with Crippen LogP contribution in [-0.2, 0) is 10.5 Å². The van der Waals surface area contributed by atoms with E-state index in [2.05, 4.69) is 27.4 Å². The number of thiophene rings is 1. The number of hydrogen-bond donors (Lipinski definition) is 0. The molecule has 2 aromatic heterocycles. The second kappa shape index (κ2) is 7.09. The summed E-state index contributed by atoms with van der Waals surface area (Å²) in [5.41, 5.74) is 1.22. The van der Waals surface area contributed by atoms with Crippen LogP contribution in [0.1, 0.15) is 29.3 Å². The third-order valence-electron chi connectivity index (χ3n) is 3.69. The molecule has 3 nitrogen and oxygen atoms in total. The highest BCUT2D eigenvalue weighted by Gasteiger charge is 2.30. The lowest BCUT2D eigenvalue weighted by molar-refractivity contribution is -0.129. The van der Waals surface area contributed by atoms with Gasteiger partial charge in [0.25, 0.3) is 0 Å². The van der Waals surface area contributed by atoms with Gasteiger partial charge in [0, 0.05) is 29.6 Å². The van der Waals surface area contributed by atoms with Crippen molar-refractivity contribution in [3.63, 3.8) is 0 Å². The molecule has 1 fully saturated rings. The molecule has 0 radical (unpaired) electrons. The van der Waals surface area contributed by atoms with E-state index in [4.69, 9.17) is 0 Å². The average molecular weight is 318 g/mol. The van der Waals surface area contributed by atoms with Crippen molar-refractivity contribution in [2.24, 2.45) is 0 Å². The van der Waals surface area contributed by atoms with Crippen LogP contribution in [0, 0.1) is 0 Å². The van der Waals surface area contributed by atoms with Crippen molar-refractivity contribution in [1.82, 2.24) is 9.88 Å². The number of carbonyl (C=O) groups is 1. The molecule has 21 heavy (non-hydrogen) atoms. The number of pyridine rings is 1. The van der Waals surface area contributed by atoms with Gasteiger partial charge in [0.15, 0.2) is 0 Å². The van der Waals surface area contributed by atoms with Crippen LogP contribution >= 0.6 is 23.1 Å². The summed E-state index contributed by atoms with van der Waals surface area (Å²) < 4.78 is 0. The van der Waals surface area contributed by atoms with Crippen LogP contribution in [0.4, 0.5) is 0 Å². The van der Waals surface area contributed by atoms with Gasteiger partial charge in [-0.3, -0.25) is 9.78 Å². The first-order chi connectivity index (χ1) is 10.3. The maximum Gasteiger partial charge on any atom is 0.233 e. The SMILES string of the molecule is O=C(CSCc1ccncc1)N1CCC[C@@H]1c1cccs1. The molecule has 110 valence electrons. The lowest BCUT2D eigenvalue weighted by Gasteiger charge is -2.23. The van der Waals surface area contributed by atoms with E-state index in [-0.39, 0.29) is 5.91 Å². The fourth-order valence-corrected chi connectivity index (χ4v) is 4.40. The molecule has 2 aromatic rings. The van der Waals surface area contributed by atoms with Crippen molar-refractivity contribution in [3.8, 4) is 0 Å². The Bertz CT molecular complexity index is 571. The van der Waals surface area contributed by atoms with E-state index in [1.165, 1.54) is 10.4 Å². The molecule has 3 rings (SSSR count). The number of carbonyl (C=O) groups excluding carboxylic acids is 1. The molecule has 0 aromatic carbocycles. The number of likely N-dealkylation sites (tertiary alicyclic amines) is 1. The van der Waals surface area contributed by atoms with Crippen molar-refractivity contribution in [2.45, 2.75) is 24.6 Å². The van der Waals surface area contributed by atoms with Crippen molar-refractivity contribution in [2.75, 3.05) is 12.3 Å². The van der Waals surface area contributed by atoms with Crippen LogP contribution in [0.15, 0.2) is 42.0 Å². The highest BCUT2D eigenvalue weighted by Crippen LogP contribution is 2.34. The summed E-state index contributed by atoms with van der Waals surface area (Å²) in [6.07, 6.45) is 5.81. The Morgan fingerprint density at radius 2 is 2.24 bits per heavy atom. The number of hydrogen-bond acceptors (Lipinski definition) is 4. The predicted octanol–water partition coefficient (Wildman–Crippen LogP) is 3.74. The standard InChI is InChI=1S/C16H18N2OS2/c19-16(12-20-11-13-5-7-17-8-6-13)18-9-1-3-14(18)15-4-2-10-21-15/h2,4-8,10,14H,1,3,9,11-12H2/t14-/m1/s1. The quantitative estimate of drug-likeness (QED) is 0.842. The van der Waals surface area contributed by atoms with Gasteiger partial charge in [0.05, 0.1) is 11.8 Å². The molecule has 1 atom stereocenters. The maximum atomic E-state index is 12.4. The van der Waals surface area contributed by atoms with Gasteiger partial charge in [-0.2, -0.15) is 0 Å². The molecule has 0 saturated carbocycles. The van der Waals surface area contributed by atoms with Crippen LogP contribution in [-0.4, -0.2) is 28.1 Å². The zero-order valence-electron chi connectivity index (χ0n) is 11.8. The number of nitrogens with zero attached hydrogens (tertiary/aromatic N) is 2. The molecule has 1 aliphatic rings. The molecular weight excluding hydrogens is 300 g/mol. The van der Waals surface area contributed by atoms with Crippen molar-refractivity contribution < 1.29 is 4.79 Å². The van der Waals surface area contributed by atoms with Gasteiger partial charge in [0.1, 0.15) is 0 Å². The summed E-state index contributed by atoms with van der Waals surface area (Å²) in [5, 5.41) is 2.09. The van der Waals surface area contributed by atoms with Crippen LogP contribution in [0.25, 0.3) is 0 Å².